The van der Waals surface area contributed by atoms with Crippen LogP contribution in [-0.2, 0) is 9.47 Å². The lowest BCUT2D eigenvalue weighted by Crippen LogP contribution is -2.36. The topological polar surface area (TPSA) is 232 Å². The highest BCUT2D eigenvalue weighted by molar-refractivity contribution is 5.96. The predicted octanol–water partition coefficient (Wildman–Crippen LogP) is 10.6. The Bertz CT molecular complexity index is 2650. The first-order valence-electron chi connectivity index (χ1n) is 26.2. The zero-order valence-electron chi connectivity index (χ0n) is 49.3. The maximum atomic E-state index is 14.2. The molecule has 22 heteroatoms. The number of likely N-dealkylation sites (tertiary alicyclic amines) is 2. The molecule has 4 amide bonds. The van der Waals surface area contributed by atoms with E-state index < -0.39 is 17.1 Å². The second-order valence-corrected chi connectivity index (χ2v) is 23.9. The molecule has 0 saturated carbocycles. The fourth-order valence-electron chi connectivity index (χ4n) is 8.09. The third-order valence-electron chi connectivity index (χ3n) is 11.5. The van der Waals surface area contributed by atoms with Crippen LogP contribution >= 0.6 is 12.4 Å². The number of hydrogen-bond donors (Lipinski definition) is 7. The Morgan fingerprint density at radius 1 is 0.633 bits per heavy atom. The van der Waals surface area contributed by atoms with Crippen molar-refractivity contribution in [2.24, 2.45) is 10.8 Å². The predicted molar refractivity (Wildman–Crippen MR) is 319 cm³/mol. The molecule has 2 atom stereocenters. The van der Waals surface area contributed by atoms with Crippen molar-refractivity contribution in [3.05, 3.63) is 76.7 Å². The molecule has 0 spiro atoms. The number of halogens is 2. The van der Waals surface area contributed by atoms with Crippen molar-refractivity contribution >= 4 is 77.1 Å². The van der Waals surface area contributed by atoms with Gasteiger partial charge in [0, 0.05) is 101 Å². The van der Waals surface area contributed by atoms with Gasteiger partial charge in [-0.1, -0.05) is 61.1 Å². The van der Waals surface area contributed by atoms with E-state index in [1.54, 1.807) is 48.2 Å². The minimum atomic E-state index is -0.702. The lowest BCUT2D eigenvalue weighted by molar-refractivity contribution is 0.0283. The van der Waals surface area contributed by atoms with Gasteiger partial charge in [0.05, 0.1) is 0 Å². The van der Waals surface area contributed by atoms with Gasteiger partial charge >= 0.3 is 12.2 Å². The molecular formula is C57H92ClFN14O6. The van der Waals surface area contributed by atoms with E-state index in [4.69, 9.17) is 19.4 Å². The zero-order valence-corrected chi connectivity index (χ0v) is 50.1. The van der Waals surface area contributed by atoms with Crippen molar-refractivity contribution in [1.82, 2.24) is 45.7 Å². The van der Waals surface area contributed by atoms with Gasteiger partial charge in [-0.05, 0) is 128 Å². The third kappa shape index (κ3) is 23.6. The summed E-state index contributed by atoms with van der Waals surface area (Å²) in [7, 11) is 7.16. The molecule has 2 aromatic heterocycles. The number of nitrogens with one attached hydrogen (secondary N) is 7. The van der Waals surface area contributed by atoms with Crippen LogP contribution in [0.1, 0.15) is 135 Å². The molecule has 0 bridgehead atoms. The van der Waals surface area contributed by atoms with Crippen LogP contribution in [0.4, 0.5) is 54.7 Å². The number of carbonyl (C=O) groups is 4. The molecule has 440 valence electrons. The minimum absolute atomic E-state index is 0. The van der Waals surface area contributed by atoms with Crippen LogP contribution in [-0.4, -0.2) is 144 Å². The summed E-state index contributed by atoms with van der Waals surface area (Å²) in [5.41, 5.74) is 3.72. The molecule has 2 aliphatic rings. The molecule has 79 heavy (non-hydrogen) atoms. The summed E-state index contributed by atoms with van der Waals surface area (Å²) in [5, 5.41) is 21.3. The van der Waals surface area contributed by atoms with Gasteiger partial charge in [0.1, 0.15) is 28.7 Å². The number of aromatic nitrogens is 4. The Labute approximate surface area is 475 Å². The Hall–Kier alpha value is -6.74. The highest BCUT2D eigenvalue weighted by Crippen LogP contribution is 2.28. The van der Waals surface area contributed by atoms with Crippen LogP contribution in [0.5, 0.6) is 0 Å². The minimum Gasteiger partial charge on any atom is -0.444 e. The van der Waals surface area contributed by atoms with Gasteiger partial charge < -0.3 is 61.4 Å². The molecule has 20 nitrogen and oxygen atoms in total. The number of ether oxygens (including phenoxy) is 2. The van der Waals surface area contributed by atoms with E-state index in [0.717, 1.165) is 42.1 Å². The molecule has 2 saturated heterocycles. The summed E-state index contributed by atoms with van der Waals surface area (Å²) in [5.74, 6) is 1.13. The summed E-state index contributed by atoms with van der Waals surface area (Å²) in [6.07, 6.45) is 0.738. The summed E-state index contributed by atoms with van der Waals surface area (Å²) < 4.78 is 25.1. The van der Waals surface area contributed by atoms with E-state index in [9.17, 15) is 23.6 Å². The summed E-state index contributed by atoms with van der Waals surface area (Å²) in [6.45, 7) is 32.0. The first-order chi connectivity index (χ1) is 35.7. The average Bonchev–Trinajstić information content (AvgIpc) is 3.98. The number of anilines is 7. The van der Waals surface area contributed by atoms with Crippen molar-refractivity contribution in [2.75, 3.05) is 93.6 Å². The quantitative estimate of drug-likeness (QED) is 0.0617. The smallest absolute Gasteiger partial charge is 0.410 e. The Balaban J connectivity index is 0.000000475. The van der Waals surface area contributed by atoms with E-state index >= 15 is 0 Å². The van der Waals surface area contributed by atoms with E-state index in [0.29, 0.717) is 66.6 Å². The van der Waals surface area contributed by atoms with Crippen LogP contribution in [0.3, 0.4) is 0 Å². The highest BCUT2D eigenvalue weighted by atomic mass is 35.5. The van der Waals surface area contributed by atoms with Crippen molar-refractivity contribution in [3.63, 3.8) is 0 Å². The fourth-order valence-corrected chi connectivity index (χ4v) is 8.09. The number of nitrogens with zero attached hydrogens (tertiary/aromatic N) is 7. The van der Waals surface area contributed by atoms with Crippen LogP contribution < -0.4 is 42.1 Å². The fraction of sp³-hybridized carbons (Fsp3) is 0.579. The summed E-state index contributed by atoms with van der Waals surface area (Å²) in [4.78, 5) is 72.0. The van der Waals surface area contributed by atoms with Gasteiger partial charge in [-0.25, -0.2) is 9.59 Å². The number of benzene rings is 2. The van der Waals surface area contributed by atoms with Gasteiger partial charge in [-0.3, -0.25) is 9.59 Å². The second kappa shape index (κ2) is 29.5. The molecular weight excluding hydrogens is 1030 g/mol. The van der Waals surface area contributed by atoms with Gasteiger partial charge in [0.15, 0.2) is 0 Å². The molecule has 0 unspecified atom stereocenters. The molecule has 2 fully saturated rings. The van der Waals surface area contributed by atoms with Gasteiger partial charge in [0.25, 0.3) is 11.8 Å². The molecule has 0 aliphatic carbocycles. The molecule has 2 aromatic carbocycles. The van der Waals surface area contributed by atoms with E-state index in [1.807, 2.05) is 87.7 Å². The van der Waals surface area contributed by atoms with Crippen molar-refractivity contribution in [2.45, 2.75) is 140 Å². The number of rotatable bonds is 13. The average molecular weight is 1120 g/mol. The lowest BCUT2D eigenvalue weighted by Gasteiger charge is -2.28. The normalized spacial score (nSPS) is 15.1. The van der Waals surface area contributed by atoms with Crippen molar-refractivity contribution in [1.29, 1.82) is 0 Å². The lowest BCUT2D eigenvalue weighted by atomic mass is 9.96. The molecule has 4 aromatic rings. The van der Waals surface area contributed by atoms with Crippen molar-refractivity contribution < 1.29 is 33.0 Å². The first kappa shape index (κ1) is 68.4. The summed E-state index contributed by atoms with van der Waals surface area (Å²) in [6, 6.07) is 13.7. The van der Waals surface area contributed by atoms with Gasteiger partial charge in [0.2, 0.25) is 17.8 Å². The van der Waals surface area contributed by atoms with E-state index in [-0.39, 0.29) is 73.1 Å². The second-order valence-electron chi connectivity index (χ2n) is 23.9. The Morgan fingerprint density at radius 2 is 1.05 bits per heavy atom. The maximum absolute atomic E-state index is 14.2. The number of carbonyl (C=O) groups excluding carboxylic acids is 4. The van der Waals surface area contributed by atoms with Gasteiger partial charge in [-0.15, -0.1) is 12.4 Å². The van der Waals surface area contributed by atoms with Crippen LogP contribution in [0, 0.1) is 30.6 Å². The van der Waals surface area contributed by atoms with E-state index in [1.165, 1.54) is 6.07 Å². The molecule has 2 aliphatic heterocycles. The molecule has 6 rings (SSSR count). The van der Waals surface area contributed by atoms with Crippen molar-refractivity contribution in [3.8, 4) is 0 Å². The van der Waals surface area contributed by atoms with Gasteiger partial charge in [-0.2, -0.15) is 24.3 Å². The summed E-state index contributed by atoms with van der Waals surface area (Å²) >= 11 is 0. The number of aryl methyl sites for hydroxylation is 2. The van der Waals surface area contributed by atoms with Crippen LogP contribution in [0.2, 0.25) is 0 Å². The number of hydrogen-bond acceptors (Lipinski definition) is 16. The molecule has 4 heterocycles. The number of amides is 4. The third-order valence-corrected chi connectivity index (χ3v) is 11.5. The SMILES string of the molecule is C.CNC(=O)c1ccc(C)c(Nc2cc(F)nc(N[C@@H]3CCN(C(=O)OC(C)(C)C)C3)n2)c1.CNC(=O)c1ccc(C)c(Nc2cc(N(C)CC(C)(C)C)nc(N[C@@H]3CCN(C(=O)OC(C)(C)C)C3)n2)c1.CNCC(C)(C)C.Cl. The Kier molecular flexibility index (Phi) is 25.5. The monoisotopic (exact) mass is 1120 g/mol. The standard InChI is InChI=1S/C28H43N7O3.C22H29FN6O3.C6H15N.CH4.ClH/c1-18-10-11-19(24(36)29-8)14-21(18)31-22-15-23(34(9)17-27(2,3)4)33-25(32-22)30-20-12-13-35(16-20)26(37)38-28(5,6)7;1-13-6-7-14(19(30)24-5)10-16(13)26-18-11-17(23)27-20(28-18)25-15-8-9-29(12-15)21(31)32-22(2,3)4;1-6(2,3)5-7-4;;/h10-11,14-15,20H,12-13,16-17H2,1-9H3,(H,29,36)(H2,30,31,32,33);6-7,10-11,15H,8-9,12H2,1-5H3,(H,24,30)(H2,25,26,27,28);7H,5H2,1-4H3;1H4;1H/t20-;15-;;;/m11.../s1. The largest absolute Gasteiger partial charge is 0.444 e. The highest BCUT2D eigenvalue weighted by Gasteiger charge is 2.32. The molecule has 7 N–H and O–H groups in total. The zero-order chi connectivity index (χ0) is 57.6. The molecule has 0 radical (unpaired) electrons. The van der Waals surface area contributed by atoms with Crippen LogP contribution in [0.25, 0.3) is 0 Å². The maximum Gasteiger partial charge on any atom is 0.410 e. The first-order valence-corrected chi connectivity index (χ1v) is 26.2. The Morgan fingerprint density at radius 3 is 1.42 bits per heavy atom. The van der Waals surface area contributed by atoms with E-state index in [2.05, 4.69) is 93.6 Å². The van der Waals surface area contributed by atoms with Crippen LogP contribution in [0.15, 0.2) is 48.5 Å².